The van der Waals surface area contributed by atoms with Gasteiger partial charge in [-0.3, -0.25) is 4.79 Å². The largest absolute Gasteiger partial charge is 0.376 e. The number of hydrogen-bond acceptors (Lipinski definition) is 4. The molecule has 1 aromatic carbocycles. The van der Waals surface area contributed by atoms with Crippen molar-refractivity contribution >= 4 is 45.1 Å². The molecule has 2 N–H and O–H groups in total. The Balaban J connectivity index is 1.75. The summed E-state index contributed by atoms with van der Waals surface area (Å²) >= 11 is 4.91. The molecule has 2 aromatic rings. The molecule has 2 rings (SSSR count). The molecule has 1 amide bonds. The Morgan fingerprint density at radius 3 is 2.80 bits per heavy atom. The molecule has 20 heavy (non-hydrogen) atoms. The second kappa shape index (κ2) is 7.21. The summed E-state index contributed by atoms with van der Waals surface area (Å²) in [5.41, 5.74) is 4.58. The molecular formula is C14H14BrN3OS. The van der Waals surface area contributed by atoms with E-state index >= 15 is 0 Å². The Hall–Kier alpha value is -1.66. The smallest absolute Gasteiger partial charge is 0.259 e. The van der Waals surface area contributed by atoms with Crippen molar-refractivity contribution in [3.63, 3.8) is 0 Å². The van der Waals surface area contributed by atoms with Crippen molar-refractivity contribution in [3.05, 3.63) is 50.6 Å². The van der Waals surface area contributed by atoms with Crippen LogP contribution in [0.5, 0.6) is 0 Å². The van der Waals surface area contributed by atoms with E-state index in [1.54, 1.807) is 17.6 Å². The Bertz CT molecular complexity index is 607. The molecule has 1 aromatic heterocycles. The molecule has 0 aliphatic rings. The molecule has 0 unspecified atom stereocenters. The highest BCUT2D eigenvalue weighted by atomic mass is 79.9. The summed E-state index contributed by atoms with van der Waals surface area (Å²) in [7, 11) is 0. The number of hydrogen-bond donors (Lipinski definition) is 2. The average Bonchev–Trinajstić information content (AvgIpc) is 2.84. The SMILES string of the molecule is Cc1ccc(NCC(=O)N/N=C/c2cc(Br)cs2)cc1. The van der Waals surface area contributed by atoms with Crippen molar-refractivity contribution in [2.45, 2.75) is 6.92 Å². The van der Waals surface area contributed by atoms with Crippen LogP contribution in [0.2, 0.25) is 0 Å². The zero-order valence-corrected chi connectivity index (χ0v) is 13.3. The fourth-order valence-electron chi connectivity index (χ4n) is 1.46. The molecule has 6 heteroatoms. The fraction of sp³-hybridized carbons (Fsp3) is 0.143. The van der Waals surface area contributed by atoms with Gasteiger partial charge in [-0.05, 0) is 41.1 Å². The van der Waals surface area contributed by atoms with Crippen LogP contribution in [0.1, 0.15) is 10.4 Å². The third-order valence-electron chi connectivity index (χ3n) is 2.47. The van der Waals surface area contributed by atoms with Gasteiger partial charge in [0.15, 0.2) is 0 Å². The number of carbonyl (C=O) groups excluding carboxylic acids is 1. The van der Waals surface area contributed by atoms with E-state index < -0.39 is 0 Å². The van der Waals surface area contributed by atoms with Crippen LogP contribution in [-0.2, 0) is 4.79 Å². The lowest BCUT2D eigenvalue weighted by molar-refractivity contribution is -0.119. The maximum atomic E-state index is 11.6. The number of rotatable bonds is 5. The number of carbonyl (C=O) groups is 1. The first kappa shape index (κ1) is 14.7. The van der Waals surface area contributed by atoms with Gasteiger partial charge in [-0.15, -0.1) is 11.3 Å². The fourth-order valence-corrected chi connectivity index (χ4v) is 2.76. The maximum Gasteiger partial charge on any atom is 0.259 e. The molecule has 0 spiro atoms. The van der Waals surface area contributed by atoms with Crippen LogP contribution in [0.3, 0.4) is 0 Å². The van der Waals surface area contributed by atoms with E-state index in [4.69, 9.17) is 0 Å². The van der Waals surface area contributed by atoms with E-state index in [2.05, 4.69) is 31.8 Å². The number of anilines is 1. The molecule has 104 valence electrons. The van der Waals surface area contributed by atoms with Crippen LogP contribution in [-0.4, -0.2) is 18.7 Å². The molecule has 0 aliphatic heterocycles. The average molecular weight is 352 g/mol. The predicted molar refractivity (Wildman–Crippen MR) is 87.4 cm³/mol. The van der Waals surface area contributed by atoms with Crippen molar-refractivity contribution in [2.75, 3.05) is 11.9 Å². The number of halogens is 1. The van der Waals surface area contributed by atoms with Gasteiger partial charge in [0.25, 0.3) is 5.91 Å². The third kappa shape index (κ3) is 4.79. The Morgan fingerprint density at radius 2 is 2.15 bits per heavy atom. The number of hydrazone groups is 1. The van der Waals surface area contributed by atoms with Gasteiger partial charge in [0.05, 0.1) is 12.8 Å². The lowest BCUT2D eigenvalue weighted by Crippen LogP contribution is -2.25. The molecule has 0 fully saturated rings. The standard InChI is InChI=1S/C14H14BrN3OS/c1-10-2-4-12(5-3-10)16-8-14(19)18-17-7-13-6-11(15)9-20-13/h2-7,9,16H,8H2,1H3,(H,18,19)/b17-7+. The second-order valence-electron chi connectivity index (χ2n) is 4.18. The Morgan fingerprint density at radius 1 is 1.40 bits per heavy atom. The first-order valence-electron chi connectivity index (χ1n) is 6.00. The Kier molecular flexibility index (Phi) is 5.31. The van der Waals surface area contributed by atoms with E-state index in [0.717, 1.165) is 15.0 Å². The zero-order chi connectivity index (χ0) is 14.4. The quantitative estimate of drug-likeness (QED) is 0.640. The summed E-state index contributed by atoms with van der Waals surface area (Å²) in [4.78, 5) is 12.6. The molecular weight excluding hydrogens is 338 g/mol. The lowest BCUT2D eigenvalue weighted by atomic mass is 10.2. The highest BCUT2D eigenvalue weighted by Gasteiger charge is 1.99. The first-order chi connectivity index (χ1) is 9.63. The van der Waals surface area contributed by atoms with Gasteiger partial charge in [-0.1, -0.05) is 17.7 Å². The molecule has 1 heterocycles. The van der Waals surface area contributed by atoms with E-state index in [0.29, 0.717) is 0 Å². The molecule has 0 saturated carbocycles. The number of nitrogens with one attached hydrogen (secondary N) is 2. The highest BCUT2D eigenvalue weighted by molar-refractivity contribution is 9.10. The molecule has 0 radical (unpaired) electrons. The number of thiophene rings is 1. The van der Waals surface area contributed by atoms with Crippen LogP contribution >= 0.6 is 27.3 Å². The van der Waals surface area contributed by atoms with Crippen LogP contribution in [0.15, 0.2) is 45.3 Å². The van der Waals surface area contributed by atoms with Gasteiger partial charge in [0, 0.05) is 20.4 Å². The lowest BCUT2D eigenvalue weighted by Gasteiger charge is -2.05. The molecule has 0 bridgehead atoms. The van der Waals surface area contributed by atoms with Crippen molar-refractivity contribution in [3.8, 4) is 0 Å². The molecule has 0 atom stereocenters. The third-order valence-corrected chi connectivity index (χ3v) is 4.10. The van der Waals surface area contributed by atoms with Crippen LogP contribution in [0, 0.1) is 6.92 Å². The van der Waals surface area contributed by atoms with E-state index in [1.807, 2.05) is 42.6 Å². The number of benzene rings is 1. The normalized spacial score (nSPS) is 10.7. The second-order valence-corrected chi connectivity index (χ2v) is 6.04. The maximum absolute atomic E-state index is 11.6. The summed E-state index contributed by atoms with van der Waals surface area (Å²) in [5.74, 6) is -0.183. The van der Waals surface area contributed by atoms with Gasteiger partial charge in [-0.25, -0.2) is 5.43 Å². The van der Waals surface area contributed by atoms with Crippen molar-refractivity contribution in [2.24, 2.45) is 5.10 Å². The van der Waals surface area contributed by atoms with Crippen molar-refractivity contribution in [1.29, 1.82) is 0 Å². The Labute approximate surface area is 130 Å². The van der Waals surface area contributed by atoms with E-state index in [1.165, 1.54) is 5.56 Å². The monoisotopic (exact) mass is 351 g/mol. The van der Waals surface area contributed by atoms with Crippen molar-refractivity contribution in [1.82, 2.24) is 5.43 Å². The minimum atomic E-state index is -0.183. The van der Waals surface area contributed by atoms with Gasteiger partial charge in [-0.2, -0.15) is 5.10 Å². The van der Waals surface area contributed by atoms with Gasteiger partial charge in [0.1, 0.15) is 0 Å². The summed E-state index contributed by atoms with van der Waals surface area (Å²) in [6, 6.07) is 9.80. The van der Waals surface area contributed by atoms with E-state index in [9.17, 15) is 4.79 Å². The van der Waals surface area contributed by atoms with Crippen LogP contribution in [0.25, 0.3) is 0 Å². The number of nitrogens with zero attached hydrogens (tertiary/aromatic N) is 1. The van der Waals surface area contributed by atoms with Crippen molar-refractivity contribution < 1.29 is 4.79 Å². The first-order valence-corrected chi connectivity index (χ1v) is 7.67. The zero-order valence-electron chi connectivity index (χ0n) is 10.9. The van der Waals surface area contributed by atoms with Gasteiger partial charge >= 0.3 is 0 Å². The summed E-state index contributed by atoms with van der Waals surface area (Å²) in [6.07, 6.45) is 1.62. The van der Waals surface area contributed by atoms with Gasteiger partial charge < -0.3 is 5.32 Å². The summed E-state index contributed by atoms with van der Waals surface area (Å²) in [6.45, 7) is 2.21. The minimum absolute atomic E-state index is 0.183. The summed E-state index contributed by atoms with van der Waals surface area (Å²) in [5, 5.41) is 8.90. The van der Waals surface area contributed by atoms with Gasteiger partial charge in [0.2, 0.25) is 0 Å². The minimum Gasteiger partial charge on any atom is -0.376 e. The number of amides is 1. The summed E-state index contributed by atoms with van der Waals surface area (Å²) < 4.78 is 1.01. The highest BCUT2D eigenvalue weighted by Crippen LogP contribution is 2.17. The predicted octanol–water partition coefficient (Wildman–Crippen LogP) is 3.38. The van der Waals surface area contributed by atoms with Crippen LogP contribution in [0.4, 0.5) is 5.69 Å². The number of aryl methyl sites for hydroxylation is 1. The van der Waals surface area contributed by atoms with Crippen LogP contribution < -0.4 is 10.7 Å². The molecule has 0 saturated heterocycles. The molecule has 0 aliphatic carbocycles. The molecule has 4 nitrogen and oxygen atoms in total. The van der Waals surface area contributed by atoms with E-state index in [-0.39, 0.29) is 12.5 Å². The topological polar surface area (TPSA) is 53.5 Å².